The number of carbonyl (C=O) groups is 1. The van der Waals surface area contributed by atoms with Crippen molar-refractivity contribution in [2.45, 2.75) is 35.8 Å². The molecule has 0 aliphatic carbocycles. The average molecular weight is 367 g/mol. The van der Waals surface area contributed by atoms with Gasteiger partial charge in [0.2, 0.25) is 6.17 Å². The van der Waals surface area contributed by atoms with Crippen LogP contribution in [-0.4, -0.2) is 35.1 Å². The summed E-state index contributed by atoms with van der Waals surface area (Å²) in [5.41, 5.74) is 1.45. The van der Waals surface area contributed by atoms with Gasteiger partial charge >= 0.3 is 0 Å². The molecule has 1 aromatic carbocycles. The summed E-state index contributed by atoms with van der Waals surface area (Å²) in [5.74, 6) is -0.252. The number of amides is 1. The third-order valence-electron chi connectivity index (χ3n) is 3.69. The molecule has 3 N–H and O–H groups in total. The van der Waals surface area contributed by atoms with Crippen LogP contribution in [0.4, 0.5) is 0 Å². The van der Waals surface area contributed by atoms with E-state index in [4.69, 9.17) is 39.5 Å². The van der Waals surface area contributed by atoms with E-state index in [-0.39, 0.29) is 12.0 Å². The molecule has 122 valence electrons. The van der Waals surface area contributed by atoms with Gasteiger partial charge in [-0.2, -0.15) is 0 Å². The van der Waals surface area contributed by atoms with Crippen molar-refractivity contribution in [3.05, 3.63) is 35.4 Å². The molecule has 1 heterocycles. The third-order valence-corrected chi connectivity index (χ3v) is 4.39. The Kier molecular flexibility index (Phi) is 6.36. The molecule has 2 rings (SSSR count). The SMILES string of the molecule is Cc1ccccc1C(=O)N[C@@H]([NH2+]C[C@@H]1CCCO1)C(Cl)(Cl)Cl. The van der Waals surface area contributed by atoms with Crippen LogP contribution in [0.15, 0.2) is 24.3 Å². The first-order valence-corrected chi connectivity index (χ1v) is 8.39. The van der Waals surface area contributed by atoms with Crippen LogP contribution in [0.25, 0.3) is 0 Å². The highest BCUT2D eigenvalue weighted by molar-refractivity contribution is 6.68. The summed E-state index contributed by atoms with van der Waals surface area (Å²) in [4.78, 5) is 12.4. The smallest absolute Gasteiger partial charge is 0.262 e. The molecular weight excluding hydrogens is 347 g/mol. The van der Waals surface area contributed by atoms with Crippen LogP contribution in [0, 0.1) is 6.92 Å². The second kappa shape index (κ2) is 7.84. The number of alkyl halides is 3. The number of benzene rings is 1. The Morgan fingerprint density at radius 1 is 1.45 bits per heavy atom. The van der Waals surface area contributed by atoms with Gasteiger partial charge in [-0.15, -0.1) is 0 Å². The molecule has 0 radical (unpaired) electrons. The number of hydrogen-bond donors (Lipinski definition) is 2. The van der Waals surface area contributed by atoms with E-state index < -0.39 is 9.96 Å². The van der Waals surface area contributed by atoms with Crippen molar-refractivity contribution in [2.75, 3.05) is 13.2 Å². The van der Waals surface area contributed by atoms with Crippen LogP contribution < -0.4 is 10.6 Å². The van der Waals surface area contributed by atoms with Crippen molar-refractivity contribution in [3.63, 3.8) is 0 Å². The maximum absolute atomic E-state index is 12.4. The van der Waals surface area contributed by atoms with E-state index >= 15 is 0 Å². The van der Waals surface area contributed by atoms with Gasteiger partial charge in [0.15, 0.2) is 0 Å². The van der Waals surface area contributed by atoms with E-state index in [9.17, 15) is 4.79 Å². The maximum atomic E-state index is 12.4. The van der Waals surface area contributed by atoms with Crippen molar-refractivity contribution < 1.29 is 14.8 Å². The van der Waals surface area contributed by atoms with Gasteiger partial charge in [-0.25, -0.2) is 0 Å². The van der Waals surface area contributed by atoms with Crippen LogP contribution in [0.1, 0.15) is 28.8 Å². The fourth-order valence-corrected chi connectivity index (χ4v) is 2.87. The quantitative estimate of drug-likeness (QED) is 0.620. The van der Waals surface area contributed by atoms with E-state index in [0.717, 1.165) is 25.0 Å². The Bertz CT molecular complexity index is 514. The van der Waals surface area contributed by atoms with Gasteiger partial charge in [0, 0.05) is 12.2 Å². The molecule has 4 nitrogen and oxygen atoms in total. The van der Waals surface area contributed by atoms with E-state index in [1.165, 1.54) is 0 Å². The first kappa shape index (κ1) is 17.8. The summed E-state index contributed by atoms with van der Waals surface area (Å²) in [6, 6.07) is 7.31. The number of hydrogen-bond acceptors (Lipinski definition) is 2. The molecule has 1 fully saturated rings. The molecule has 1 saturated heterocycles. The molecule has 1 amide bonds. The molecule has 7 heteroatoms. The topological polar surface area (TPSA) is 54.9 Å². The zero-order chi connectivity index (χ0) is 16.2. The summed E-state index contributed by atoms with van der Waals surface area (Å²) in [6.07, 6.45) is 1.51. The Labute approximate surface area is 145 Å². The second-order valence-corrected chi connectivity index (χ2v) is 7.78. The van der Waals surface area contributed by atoms with Crippen molar-refractivity contribution in [1.82, 2.24) is 5.32 Å². The molecule has 0 aromatic heterocycles. The number of quaternary nitrogens is 1. The lowest BCUT2D eigenvalue weighted by Crippen LogP contribution is -2.97. The molecule has 0 bridgehead atoms. The van der Waals surface area contributed by atoms with Gasteiger partial charge < -0.3 is 10.1 Å². The first-order valence-electron chi connectivity index (χ1n) is 7.26. The van der Waals surface area contributed by atoms with Crippen LogP contribution in [0.2, 0.25) is 0 Å². The summed E-state index contributed by atoms with van der Waals surface area (Å²) in [7, 11) is 0. The van der Waals surface area contributed by atoms with Crippen LogP contribution in [0.5, 0.6) is 0 Å². The molecule has 2 atom stereocenters. The zero-order valence-electron chi connectivity index (χ0n) is 12.3. The third kappa shape index (κ3) is 5.00. The monoisotopic (exact) mass is 365 g/mol. The largest absolute Gasteiger partial charge is 0.372 e. The van der Waals surface area contributed by atoms with Crippen molar-refractivity contribution >= 4 is 40.7 Å². The van der Waals surface area contributed by atoms with Gasteiger partial charge in [0.05, 0.1) is 0 Å². The lowest BCUT2D eigenvalue weighted by molar-refractivity contribution is -0.697. The zero-order valence-corrected chi connectivity index (χ0v) is 14.6. The van der Waals surface area contributed by atoms with E-state index in [1.807, 2.05) is 30.4 Å². The van der Waals surface area contributed by atoms with Crippen molar-refractivity contribution in [2.24, 2.45) is 0 Å². The molecule has 22 heavy (non-hydrogen) atoms. The number of ether oxygens (including phenoxy) is 1. The van der Waals surface area contributed by atoms with Crippen LogP contribution >= 0.6 is 34.8 Å². The minimum absolute atomic E-state index is 0.144. The molecule has 1 aliphatic heterocycles. The minimum Gasteiger partial charge on any atom is -0.372 e. The van der Waals surface area contributed by atoms with Crippen molar-refractivity contribution in [3.8, 4) is 0 Å². The summed E-state index contributed by atoms with van der Waals surface area (Å²) in [5, 5.41) is 4.61. The van der Waals surface area contributed by atoms with Gasteiger partial charge in [-0.1, -0.05) is 53.0 Å². The number of nitrogens with two attached hydrogens (primary N) is 1. The van der Waals surface area contributed by atoms with Gasteiger partial charge in [-0.3, -0.25) is 10.1 Å². The van der Waals surface area contributed by atoms with E-state index in [2.05, 4.69) is 5.32 Å². The van der Waals surface area contributed by atoms with E-state index in [0.29, 0.717) is 12.1 Å². The Balaban J connectivity index is 2.00. The average Bonchev–Trinajstić information content (AvgIpc) is 2.95. The Morgan fingerprint density at radius 2 is 2.18 bits per heavy atom. The molecule has 1 aromatic rings. The number of carbonyl (C=O) groups excluding carboxylic acids is 1. The van der Waals surface area contributed by atoms with Crippen LogP contribution in [-0.2, 0) is 4.74 Å². The minimum atomic E-state index is -1.60. The lowest BCUT2D eigenvalue weighted by Gasteiger charge is -2.24. The number of nitrogens with one attached hydrogen (secondary N) is 1. The highest BCUT2D eigenvalue weighted by atomic mass is 35.6. The Hall–Kier alpha value is -0.520. The number of aryl methyl sites for hydroxylation is 1. The van der Waals surface area contributed by atoms with Crippen LogP contribution in [0.3, 0.4) is 0 Å². The van der Waals surface area contributed by atoms with Gasteiger partial charge in [-0.05, 0) is 31.4 Å². The molecular formula is C15H20Cl3N2O2+. The Morgan fingerprint density at radius 3 is 2.77 bits per heavy atom. The standard InChI is InChI=1S/C15H19Cl3N2O2/c1-10-5-2-3-7-12(10)13(21)20-14(15(16,17)18)19-9-11-6-4-8-22-11/h2-3,5,7,11,14,19H,4,6,8-9H2,1H3,(H,20,21)/p+1/t11-,14+/m0/s1. The number of halogens is 3. The van der Waals surface area contributed by atoms with Gasteiger partial charge in [0.1, 0.15) is 12.6 Å². The molecule has 0 spiro atoms. The fraction of sp³-hybridized carbons (Fsp3) is 0.533. The lowest BCUT2D eigenvalue weighted by atomic mass is 10.1. The normalized spacial score (nSPS) is 19.9. The van der Waals surface area contributed by atoms with E-state index in [1.54, 1.807) is 6.07 Å². The summed E-state index contributed by atoms with van der Waals surface area (Å²) >= 11 is 18.0. The second-order valence-electron chi connectivity index (χ2n) is 5.41. The maximum Gasteiger partial charge on any atom is 0.262 e. The number of rotatable bonds is 5. The molecule has 0 saturated carbocycles. The predicted molar refractivity (Wildman–Crippen MR) is 88.5 cm³/mol. The van der Waals surface area contributed by atoms with Gasteiger partial charge in [0.25, 0.3) is 9.70 Å². The summed E-state index contributed by atoms with van der Waals surface area (Å²) in [6.45, 7) is 3.29. The summed E-state index contributed by atoms with van der Waals surface area (Å²) < 4.78 is 3.95. The fourth-order valence-electron chi connectivity index (χ4n) is 2.44. The predicted octanol–water partition coefficient (Wildman–Crippen LogP) is 2.16. The molecule has 0 unspecified atom stereocenters. The molecule has 1 aliphatic rings. The highest BCUT2D eigenvalue weighted by Crippen LogP contribution is 2.27. The first-order chi connectivity index (χ1) is 10.4. The highest BCUT2D eigenvalue weighted by Gasteiger charge is 2.38. The van der Waals surface area contributed by atoms with Crippen molar-refractivity contribution in [1.29, 1.82) is 0 Å².